The maximum absolute atomic E-state index is 13.3. The Balaban J connectivity index is 3.01. The Morgan fingerprint density at radius 1 is 1.33 bits per heavy atom. The highest BCUT2D eigenvalue weighted by atomic mass is 35.5. The number of carbonyl (C=O) groups is 1. The van der Waals surface area contributed by atoms with Gasteiger partial charge in [-0.15, -0.1) is 0 Å². The van der Waals surface area contributed by atoms with Gasteiger partial charge < -0.3 is 0 Å². The van der Waals surface area contributed by atoms with Crippen LogP contribution in [0, 0.1) is 11.6 Å². The second-order valence-electron chi connectivity index (χ2n) is 2.92. The van der Waals surface area contributed by atoms with Crippen LogP contribution in [0.25, 0.3) is 10.8 Å². The lowest BCUT2D eigenvalue weighted by atomic mass is 10.1. The van der Waals surface area contributed by atoms with E-state index in [2.05, 4.69) is 4.98 Å². The number of halogens is 3. The number of aldehydes is 1. The lowest BCUT2D eigenvalue weighted by Crippen LogP contribution is -1.93. The maximum Gasteiger partial charge on any atom is 0.168 e. The van der Waals surface area contributed by atoms with E-state index in [1.165, 1.54) is 6.20 Å². The molecule has 0 unspecified atom stereocenters. The number of fused-ring (bicyclic) bond motifs is 1. The van der Waals surface area contributed by atoms with E-state index in [0.29, 0.717) is 6.29 Å². The Morgan fingerprint density at radius 3 is 2.73 bits per heavy atom. The fourth-order valence-electron chi connectivity index (χ4n) is 1.37. The van der Waals surface area contributed by atoms with Crippen molar-refractivity contribution in [1.29, 1.82) is 0 Å². The monoisotopic (exact) mass is 227 g/mol. The van der Waals surface area contributed by atoms with E-state index in [4.69, 9.17) is 11.6 Å². The number of benzene rings is 1. The molecule has 2 nitrogen and oxygen atoms in total. The first-order chi connectivity index (χ1) is 7.15. The molecule has 0 N–H and O–H groups in total. The molecule has 0 spiro atoms. The molecule has 1 aromatic carbocycles. The fourth-order valence-corrected chi connectivity index (χ4v) is 1.68. The van der Waals surface area contributed by atoms with Gasteiger partial charge >= 0.3 is 0 Å². The van der Waals surface area contributed by atoms with Gasteiger partial charge in [-0.2, -0.15) is 0 Å². The first-order valence-electron chi connectivity index (χ1n) is 4.01. The molecule has 0 radical (unpaired) electrons. The van der Waals surface area contributed by atoms with Crippen LogP contribution < -0.4 is 0 Å². The van der Waals surface area contributed by atoms with E-state index in [1.54, 1.807) is 0 Å². The van der Waals surface area contributed by atoms with Gasteiger partial charge in [-0.25, -0.2) is 8.78 Å². The highest BCUT2D eigenvalue weighted by Gasteiger charge is 2.13. The van der Waals surface area contributed by atoms with Crippen molar-refractivity contribution in [1.82, 2.24) is 4.98 Å². The van der Waals surface area contributed by atoms with E-state index in [0.717, 1.165) is 12.3 Å². The van der Waals surface area contributed by atoms with E-state index in [1.807, 2.05) is 0 Å². The van der Waals surface area contributed by atoms with Gasteiger partial charge in [0.2, 0.25) is 0 Å². The molecule has 2 rings (SSSR count). The second-order valence-corrected chi connectivity index (χ2v) is 3.33. The average Bonchev–Trinajstić information content (AvgIpc) is 2.25. The van der Waals surface area contributed by atoms with Crippen LogP contribution in [-0.2, 0) is 0 Å². The third-order valence-electron chi connectivity index (χ3n) is 2.04. The number of nitrogens with zero attached hydrogens (tertiary/aromatic N) is 1. The van der Waals surface area contributed by atoms with Crippen molar-refractivity contribution >= 4 is 28.7 Å². The van der Waals surface area contributed by atoms with Gasteiger partial charge in [0.15, 0.2) is 17.9 Å². The molecule has 76 valence electrons. The van der Waals surface area contributed by atoms with Crippen LogP contribution in [0.5, 0.6) is 0 Å². The van der Waals surface area contributed by atoms with Crippen LogP contribution >= 0.6 is 11.6 Å². The molecule has 0 aliphatic heterocycles. The summed E-state index contributed by atoms with van der Waals surface area (Å²) in [7, 11) is 0. The van der Waals surface area contributed by atoms with Gasteiger partial charge in [0, 0.05) is 28.7 Å². The predicted octanol–water partition coefficient (Wildman–Crippen LogP) is 2.98. The standard InChI is InChI=1S/C10H4ClF2NO/c11-7-1-8(12)10(13)6-3-14-2-5(4-15)9(6)7/h1-4H. The van der Waals surface area contributed by atoms with Crippen molar-refractivity contribution in [3.05, 3.63) is 40.7 Å². The topological polar surface area (TPSA) is 30.0 Å². The minimum Gasteiger partial charge on any atom is -0.298 e. The smallest absolute Gasteiger partial charge is 0.168 e. The van der Waals surface area contributed by atoms with Crippen LogP contribution in [0.1, 0.15) is 10.4 Å². The zero-order valence-corrected chi connectivity index (χ0v) is 8.05. The highest BCUT2D eigenvalue weighted by molar-refractivity contribution is 6.36. The van der Waals surface area contributed by atoms with E-state index < -0.39 is 11.6 Å². The predicted molar refractivity (Wildman–Crippen MR) is 52.1 cm³/mol. The largest absolute Gasteiger partial charge is 0.298 e. The molecule has 0 amide bonds. The molecule has 1 heterocycles. The molecular weight excluding hydrogens is 224 g/mol. The zero-order valence-electron chi connectivity index (χ0n) is 7.30. The number of aromatic nitrogens is 1. The Morgan fingerprint density at radius 2 is 2.07 bits per heavy atom. The van der Waals surface area contributed by atoms with Crippen LogP contribution in [0.3, 0.4) is 0 Å². The minimum absolute atomic E-state index is 0.00611. The summed E-state index contributed by atoms with van der Waals surface area (Å²) in [4.78, 5) is 14.3. The molecule has 0 fully saturated rings. The summed E-state index contributed by atoms with van der Waals surface area (Å²) < 4.78 is 26.3. The molecule has 0 saturated heterocycles. The lowest BCUT2D eigenvalue weighted by Gasteiger charge is -2.04. The summed E-state index contributed by atoms with van der Waals surface area (Å²) in [6.45, 7) is 0. The van der Waals surface area contributed by atoms with Gasteiger partial charge in [0.1, 0.15) is 0 Å². The summed E-state index contributed by atoms with van der Waals surface area (Å²) in [6.07, 6.45) is 2.88. The summed E-state index contributed by atoms with van der Waals surface area (Å²) in [6, 6.07) is 0.840. The summed E-state index contributed by atoms with van der Waals surface area (Å²) in [5.41, 5.74) is 0.136. The molecule has 2 aromatic rings. The summed E-state index contributed by atoms with van der Waals surface area (Å²) in [5, 5.41) is 0.0820. The highest BCUT2D eigenvalue weighted by Crippen LogP contribution is 2.29. The summed E-state index contributed by atoms with van der Waals surface area (Å²) >= 11 is 5.72. The molecule has 15 heavy (non-hydrogen) atoms. The van der Waals surface area contributed by atoms with Crippen LogP contribution in [0.2, 0.25) is 5.02 Å². The first kappa shape index (κ1) is 9.98. The fraction of sp³-hybridized carbons (Fsp3) is 0. The second kappa shape index (κ2) is 3.55. The van der Waals surface area contributed by atoms with Gasteiger partial charge in [0.25, 0.3) is 0 Å². The van der Waals surface area contributed by atoms with Crippen LogP contribution in [0.15, 0.2) is 18.5 Å². The number of pyridine rings is 1. The third kappa shape index (κ3) is 1.47. The molecule has 0 atom stereocenters. The Hall–Kier alpha value is -1.55. The third-order valence-corrected chi connectivity index (χ3v) is 2.34. The number of carbonyl (C=O) groups excluding carboxylic acids is 1. The summed E-state index contributed by atoms with van der Waals surface area (Å²) in [5.74, 6) is -2.11. The Bertz CT molecular complexity index is 557. The maximum atomic E-state index is 13.3. The number of rotatable bonds is 1. The van der Waals surface area contributed by atoms with E-state index in [-0.39, 0.29) is 21.4 Å². The van der Waals surface area contributed by atoms with Crippen molar-refractivity contribution in [3.8, 4) is 0 Å². The normalized spacial score (nSPS) is 10.6. The Labute approximate surface area is 88.5 Å². The van der Waals surface area contributed by atoms with Gasteiger partial charge in [-0.1, -0.05) is 11.6 Å². The number of hydrogen-bond donors (Lipinski definition) is 0. The molecular formula is C10H4ClF2NO. The van der Waals surface area contributed by atoms with Crippen molar-refractivity contribution in [2.75, 3.05) is 0 Å². The van der Waals surface area contributed by atoms with Gasteiger partial charge in [0.05, 0.1) is 5.02 Å². The van der Waals surface area contributed by atoms with Crippen molar-refractivity contribution in [2.24, 2.45) is 0 Å². The quantitative estimate of drug-likeness (QED) is 0.554. The minimum atomic E-state index is -1.06. The Kier molecular flexibility index (Phi) is 2.36. The number of hydrogen-bond acceptors (Lipinski definition) is 2. The molecule has 0 aliphatic carbocycles. The average molecular weight is 228 g/mol. The molecule has 0 aliphatic rings. The van der Waals surface area contributed by atoms with Gasteiger partial charge in [-0.3, -0.25) is 9.78 Å². The van der Waals surface area contributed by atoms with Crippen molar-refractivity contribution in [2.45, 2.75) is 0 Å². The van der Waals surface area contributed by atoms with E-state index >= 15 is 0 Å². The van der Waals surface area contributed by atoms with Crippen LogP contribution in [0.4, 0.5) is 8.78 Å². The van der Waals surface area contributed by atoms with Crippen molar-refractivity contribution < 1.29 is 13.6 Å². The molecule has 1 aromatic heterocycles. The van der Waals surface area contributed by atoms with E-state index in [9.17, 15) is 13.6 Å². The zero-order chi connectivity index (χ0) is 11.0. The lowest BCUT2D eigenvalue weighted by molar-refractivity contribution is 0.112. The molecule has 0 bridgehead atoms. The van der Waals surface area contributed by atoms with Gasteiger partial charge in [-0.05, 0) is 6.07 Å². The first-order valence-corrected chi connectivity index (χ1v) is 4.39. The SMILES string of the molecule is O=Cc1cncc2c(F)c(F)cc(Cl)c12. The van der Waals surface area contributed by atoms with Crippen molar-refractivity contribution in [3.63, 3.8) is 0 Å². The van der Waals surface area contributed by atoms with Crippen LogP contribution in [-0.4, -0.2) is 11.3 Å². The molecule has 0 saturated carbocycles. The molecule has 5 heteroatoms.